The predicted octanol–water partition coefficient (Wildman–Crippen LogP) is 0.608. The van der Waals surface area contributed by atoms with E-state index in [1.165, 1.54) is 0 Å². The molecule has 1 rings (SSSR count). The fraction of sp³-hybridized carbons (Fsp3) is 0.857. The quantitative estimate of drug-likeness (QED) is 0.808. The first-order chi connectivity index (χ1) is 9.08. The molecule has 2 atom stereocenters. The molecule has 0 radical (unpaired) electrons. The Bertz CT molecular complexity index is 380. The van der Waals surface area contributed by atoms with Crippen LogP contribution in [-0.4, -0.2) is 77.1 Å². The van der Waals surface area contributed by atoms with E-state index in [4.69, 9.17) is 0 Å². The lowest BCUT2D eigenvalue weighted by Gasteiger charge is -2.48. The van der Waals surface area contributed by atoms with Crippen LogP contribution in [-0.2, 0) is 4.79 Å². The van der Waals surface area contributed by atoms with Gasteiger partial charge in [0.05, 0.1) is 17.6 Å². The van der Waals surface area contributed by atoms with Crippen LogP contribution in [0, 0.1) is 5.92 Å². The van der Waals surface area contributed by atoms with E-state index in [0.29, 0.717) is 19.6 Å². The lowest BCUT2D eigenvalue weighted by Crippen LogP contribution is -2.64. The van der Waals surface area contributed by atoms with Crippen molar-refractivity contribution in [3.05, 3.63) is 0 Å². The van der Waals surface area contributed by atoms with E-state index in [-0.39, 0.29) is 11.9 Å². The number of hydrogen-bond donors (Lipinski definition) is 1. The fourth-order valence-electron chi connectivity index (χ4n) is 2.46. The standard InChI is InChI=1S/C14H27N3O3/c1-10(11(2)18)12(19)17-8-7-16(9-14(17,3)4)13(20)15(5)6/h10-11,18H,7-9H2,1-6H3. The van der Waals surface area contributed by atoms with Crippen LogP contribution in [0.3, 0.4) is 0 Å². The van der Waals surface area contributed by atoms with Gasteiger partial charge in [-0.15, -0.1) is 0 Å². The average molecular weight is 285 g/mol. The number of aliphatic hydroxyl groups excluding tert-OH is 1. The van der Waals surface area contributed by atoms with Gasteiger partial charge in [0.2, 0.25) is 5.91 Å². The molecule has 0 aromatic rings. The van der Waals surface area contributed by atoms with E-state index < -0.39 is 17.6 Å². The van der Waals surface area contributed by atoms with Gasteiger partial charge in [0.15, 0.2) is 0 Å². The number of piperazine rings is 1. The van der Waals surface area contributed by atoms with Crippen molar-refractivity contribution >= 4 is 11.9 Å². The van der Waals surface area contributed by atoms with Crippen LogP contribution in [0.1, 0.15) is 27.7 Å². The summed E-state index contributed by atoms with van der Waals surface area (Å²) in [7, 11) is 3.45. The zero-order valence-electron chi connectivity index (χ0n) is 13.4. The SMILES string of the molecule is CC(O)C(C)C(=O)N1CCN(C(=O)N(C)C)CC1(C)C. The lowest BCUT2D eigenvalue weighted by atomic mass is 9.95. The molecule has 0 aromatic heterocycles. The van der Waals surface area contributed by atoms with Gasteiger partial charge in [0.1, 0.15) is 0 Å². The highest BCUT2D eigenvalue weighted by atomic mass is 16.3. The highest BCUT2D eigenvalue weighted by Gasteiger charge is 2.40. The third-order valence-electron chi connectivity index (χ3n) is 3.93. The van der Waals surface area contributed by atoms with Crippen LogP contribution >= 0.6 is 0 Å². The minimum Gasteiger partial charge on any atom is -0.393 e. The van der Waals surface area contributed by atoms with E-state index in [9.17, 15) is 14.7 Å². The Balaban J connectivity index is 2.81. The molecule has 1 fully saturated rings. The normalized spacial score (nSPS) is 21.4. The molecule has 6 nitrogen and oxygen atoms in total. The van der Waals surface area contributed by atoms with Gasteiger partial charge < -0.3 is 19.8 Å². The Kier molecular flexibility index (Phi) is 5.02. The van der Waals surface area contributed by atoms with E-state index in [0.717, 1.165) is 0 Å². The summed E-state index contributed by atoms with van der Waals surface area (Å²) in [5, 5.41) is 9.59. The second-order valence-corrected chi connectivity index (χ2v) is 6.43. The molecule has 1 heterocycles. The van der Waals surface area contributed by atoms with Crippen LogP contribution < -0.4 is 0 Å². The smallest absolute Gasteiger partial charge is 0.319 e. The average Bonchev–Trinajstić information content (AvgIpc) is 2.34. The summed E-state index contributed by atoms with van der Waals surface area (Å²) in [5.41, 5.74) is -0.426. The Morgan fingerprint density at radius 2 is 1.75 bits per heavy atom. The maximum Gasteiger partial charge on any atom is 0.319 e. The van der Waals surface area contributed by atoms with Crippen molar-refractivity contribution in [2.45, 2.75) is 39.3 Å². The zero-order valence-corrected chi connectivity index (χ0v) is 13.4. The molecule has 20 heavy (non-hydrogen) atoms. The van der Waals surface area contributed by atoms with Crippen molar-refractivity contribution < 1.29 is 14.7 Å². The molecule has 0 saturated carbocycles. The largest absolute Gasteiger partial charge is 0.393 e. The van der Waals surface area contributed by atoms with Crippen LogP contribution in [0.2, 0.25) is 0 Å². The van der Waals surface area contributed by atoms with Gasteiger partial charge in [-0.05, 0) is 20.8 Å². The van der Waals surface area contributed by atoms with Gasteiger partial charge in [0.25, 0.3) is 0 Å². The molecule has 0 aromatic carbocycles. The molecule has 0 bridgehead atoms. The topological polar surface area (TPSA) is 64.1 Å². The summed E-state index contributed by atoms with van der Waals surface area (Å²) in [6.07, 6.45) is -0.667. The summed E-state index contributed by atoms with van der Waals surface area (Å²) in [6.45, 7) is 8.80. The fourth-order valence-corrected chi connectivity index (χ4v) is 2.46. The minimum absolute atomic E-state index is 0.0336. The number of rotatable bonds is 2. The first-order valence-corrected chi connectivity index (χ1v) is 7.03. The van der Waals surface area contributed by atoms with Gasteiger partial charge in [-0.1, -0.05) is 6.92 Å². The Morgan fingerprint density at radius 3 is 2.15 bits per heavy atom. The van der Waals surface area contributed by atoms with Crippen molar-refractivity contribution in [1.29, 1.82) is 0 Å². The number of amides is 3. The summed E-state index contributed by atoms with van der Waals surface area (Å²) in [5.74, 6) is -0.479. The molecule has 2 unspecified atom stereocenters. The molecule has 0 spiro atoms. The van der Waals surface area contributed by atoms with Gasteiger partial charge in [0, 0.05) is 33.7 Å². The van der Waals surface area contributed by atoms with Crippen LogP contribution in [0.25, 0.3) is 0 Å². The van der Waals surface area contributed by atoms with E-state index in [1.54, 1.807) is 42.6 Å². The van der Waals surface area contributed by atoms with Gasteiger partial charge in [-0.3, -0.25) is 4.79 Å². The first-order valence-electron chi connectivity index (χ1n) is 7.03. The van der Waals surface area contributed by atoms with Crippen molar-refractivity contribution in [3.8, 4) is 0 Å². The third-order valence-corrected chi connectivity index (χ3v) is 3.93. The van der Waals surface area contributed by atoms with E-state index in [2.05, 4.69) is 0 Å². The molecule has 0 aliphatic carbocycles. The molecule has 3 amide bonds. The number of nitrogens with zero attached hydrogens (tertiary/aromatic N) is 3. The monoisotopic (exact) mass is 285 g/mol. The highest BCUT2D eigenvalue weighted by Crippen LogP contribution is 2.24. The molecule has 1 saturated heterocycles. The van der Waals surface area contributed by atoms with Crippen molar-refractivity contribution in [2.24, 2.45) is 5.92 Å². The number of aliphatic hydroxyl groups is 1. The number of carbonyl (C=O) groups excluding carboxylic acids is 2. The minimum atomic E-state index is -0.667. The summed E-state index contributed by atoms with van der Waals surface area (Å²) < 4.78 is 0. The molecular formula is C14H27N3O3. The Labute approximate surface area is 121 Å². The van der Waals surface area contributed by atoms with Crippen LogP contribution in [0.5, 0.6) is 0 Å². The Hall–Kier alpha value is -1.30. The van der Waals surface area contributed by atoms with Crippen LogP contribution in [0.4, 0.5) is 4.79 Å². The lowest BCUT2D eigenvalue weighted by molar-refractivity contribution is -0.146. The summed E-state index contributed by atoms with van der Waals surface area (Å²) >= 11 is 0. The van der Waals surface area contributed by atoms with Crippen molar-refractivity contribution in [3.63, 3.8) is 0 Å². The summed E-state index contributed by atoms with van der Waals surface area (Å²) in [6, 6.07) is -0.0336. The highest BCUT2D eigenvalue weighted by molar-refractivity contribution is 5.80. The number of urea groups is 1. The molecule has 6 heteroatoms. The maximum atomic E-state index is 12.4. The second kappa shape index (κ2) is 5.99. The molecule has 1 N–H and O–H groups in total. The number of hydrogen-bond acceptors (Lipinski definition) is 3. The van der Waals surface area contributed by atoms with Gasteiger partial charge in [-0.25, -0.2) is 4.79 Å². The first kappa shape index (κ1) is 16.8. The molecule has 1 aliphatic rings. The maximum absolute atomic E-state index is 12.4. The van der Waals surface area contributed by atoms with Crippen molar-refractivity contribution in [2.75, 3.05) is 33.7 Å². The van der Waals surface area contributed by atoms with E-state index >= 15 is 0 Å². The second-order valence-electron chi connectivity index (χ2n) is 6.43. The predicted molar refractivity (Wildman–Crippen MR) is 77.3 cm³/mol. The molecule has 116 valence electrons. The van der Waals surface area contributed by atoms with Gasteiger partial charge >= 0.3 is 6.03 Å². The number of carbonyl (C=O) groups is 2. The van der Waals surface area contributed by atoms with Crippen molar-refractivity contribution in [1.82, 2.24) is 14.7 Å². The van der Waals surface area contributed by atoms with Crippen LogP contribution in [0.15, 0.2) is 0 Å². The third kappa shape index (κ3) is 3.42. The van der Waals surface area contributed by atoms with Gasteiger partial charge in [-0.2, -0.15) is 0 Å². The molecular weight excluding hydrogens is 258 g/mol. The zero-order chi connectivity index (χ0) is 15.7. The molecule has 1 aliphatic heterocycles. The van der Waals surface area contributed by atoms with E-state index in [1.807, 2.05) is 13.8 Å². The summed E-state index contributed by atoms with van der Waals surface area (Å²) in [4.78, 5) is 29.5. The Morgan fingerprint density at radius 1 is 1.20 bits per heavy atom.